The first-order valence-electron chi connectivity index (χ1n) is 8.63. The van der Waals surface area contributed by atoms with Crippen LogP contribution in [0.4, 0.5) is 0 Å². The molecule has 2 heterocycles. The maximum Gasteiger partial charge on any atom is 0.246 e. The molecule has 0 atom stereocenters. The van der Waals surface area contributed by atoms with E-state index >= 15 is 0 Å². The Kier molecular flexibility index (Phi) is 4.93. The number of methoxy groups -OCH3 is 1. The Morgan fingerprint density at radius 2 is 1.92 bits per heavy atom. The molecule has 1 aliphatic heterocycles. The Labute approximate surface area is 143 Å². The third kappa shape index (κ3) is 3.32. The van der Waals surface area contributed by atoms with E-state index in [0.29, 0.717) is 0 Å². The average molecular weight is 327 g/mol. The van der Waals surface area contributed by atoms with Gasteiger partial charge in [-0.15, -0.1) is 0 Å². The Bertz CT molecular complexity index is 765. The van der Waals surface area contributed by atoms with Crippen molar-refractivity contribution < 1.29 is 13.9 Å². The van der Waals surface area contributed by atoms with Crippen LogP contribution >= 0.6 is 0 Å². The number of nitrogens with zero attached hydrogens (tertiary/aromatic N) is 1. The number of carbonyl (C=O) groups excluding carboxylic acids is 1. The van der Waals surface area contributed by atoms with Gasteiger partial charge >= 0.3 is 0 Å². The van der Waals surface area contributed by atoms with Gasteiger partial charge in [0.1, 0.15) is 11.3 Å². The molecule has 24 heavy (non-hydrogen) atoms. The van der Waals surface area contributed by atoms with Gasteiger partial charge in [0.15, 0.2) is 0 Å². The van der Waals surface area contributed by atoms with E-state index in [-0.39, 0.29) is 5.91 Å². The van der Waals surface area contributed by atoms with E-state index in [9.17, 15) is 4.79 Å². The summed E-state index contributed by atoms with van der Waals surface area (Å²) >= 11 is 0. The lowest BCUT2D eigenvalue weighted by Gasteiger charge is -2.19. The van der Waals surface area contributed by atoms with Gasteiger partial charge in [-0.2, -0.15) is 0 Å². The minimum atomic E-state index is 0.0977. The number of allylic oxidation sites excluding steroid dienone is 1. The maximum atomic E-state index is 12.6. The van der Waals surface area contributed by atoms with Crippen molar-refractivity contribution in [2.45, 2.75) is 39.5 Å². The van der Waals surface area contributed by atoms with Crippen molar-refractivity contribution in [2.75, 3.05) is 20.2 Å². The van der Waals surface area contributed by atoms with Crippen molar-refractivity contribution in [3.8, 4) is 5.75 Å². The van der Waals surface area contributed by atoms with Gasteiger partial charge in [-0.3, -0.25) is 4.79 Å². The number of hydrogen-bond acceptors (Lipinski definition) is 3. The first-order valence-corrected chi connectivity index (χ1v) is 8.63. The number of ether oxygens (including phenoxy) is 1. The smallest absolute Gasteiger partial charge is 0.246 e. The highest BCUT2D eigenvalue weighted by atomic mass is 16.5. The zero-order valence-corrected chi connectivity index (χ0v) is 14.7. The summed E-state index contributed by atoms with van der Waals surface area (Å²) in [5.74, 6) is 0.828. The molecule has 1 fully saturated rings. The molecule has 1 aromatic carbocycles. The van der Waals surface area contributed by atoms with Crippen molar-refractivity contribution >= 4 is 22.4 Å². The predicted molar refractivity (Wildman–Crippen MR) is 96.2 cm³/mol. The van der Waals surface area contributed by atoms with Gasteiger partial charge in [-0.25, -0.2) is 0 Å². The highest BCUT2D eigenvalue weighted by Gasteiger charge is 2.16. The first kappa shape index (κ1) is 16.6. The van der Waals surface area contributed by atoms with E-state index < -0.39 is 0 Å². The second-order valence-electron chi connectivity index (χ2n) is 6.53. The number of rotatable bonds is 3. The molecule has 0 bridgehead atoms. The molecule has 2 aromatic rings. The number of carbonyl (C=O) groups is 1. The molecule has 0 unspecified atom stereocenters. The van der Waals surface area contributed by atoms with E-state index in [1.807, 2.05) is 24.8 Å². The average Bonchev–Trinajstić information content (AvgIpc) is 2.79. The van der Waals surface area contributed by atoms with Gasteiger partial charge in [-0.05, 0) is 43.9 Å². The SMILES string of the molecule is COc1cc2occ(C)c2cc1/C(C)=C/C(=O)N1CCCCCC1. The maximum absolute atomic E-state index is 12.6. The van der Waals surface area contributed by atoms with Crippen molar-refractivity contribution in [3.63, 3.8) is 0 Å². The molecule has 1 aliphatic rings. The van der Waals surface area contributed by atoms with Crippen LogP contribution in [-0.4, -0.2) is 31.0 Å². The molecule has 4 nitrogen and oxygen atoms in total. The summed E-state index contributed by atoms with van der Waals surface area (Å²) in [6, 6.07) is 3.94. The monoisotopic (exact) mass is 327 g/mol. The molecule has 1 aromatic heterocycles. The van der Waals surface area contributed by atoms with Crippen molar-refractivity contribution in [2.24, 2.45) is 0 Å². The minimum absolute atomic E-state index is 0.0977. The first-order chi connectivity index (χ1) is 11.6. The van der Waals surface area contributed by atoms with Crippen LogP contribution in [0.5, 0.6) is 5.75 Å². The van der Waals surface area contributed by atoms with Crippen LogP contribution < -0.4 is 4.74 Å². The second kappa shape index (κ2) is 7.12. The van der Waals surface area contributed by atoms with E-state index in [4.69, 9.17) is 9.15 Å². The normalized spacial score (nSPS) is 16.3. The van der Waals surface area contributed by atoms with Crippen LogP contribution in [-0.2, 0) is 4.79 Å². The number of furan rings is 1. The van der Waals surface area contributed by atoms with Crippen molar-refractivity contribution in [1.82, 2.24) is 4.90 Å². The third-order valence-electron chi connectivity index (χ3n) is 4.77. The van der Waals surface area contributed by atoms with E-state index in [2.05, 4.69) is 6.07 Å². The lowest BCUT2D eigenvalue weighted by Crippen LogP contribution is -2.30. The molecule has 3 rings (SSSR count). The summed E-state index contributed by atoms with van der Waals surface area (Å²) < 4.78 is 11.0. The molecule has 4 heteroatoms. The fourth-order valence-electron chi connectivity index (χ4n) is 3.30. The Morgan fingerprint density at radius 3 is 2.58 bits per heavy atom. The molecule has 0 radical (unpaired) electrons. The molecule has 128 valence electrons. The van der Waals surface area contributed by atoms with Gasteiger partial charge in [-0.1, -0.05) is 12.8 Å². The lowest BCUT2D eigenvalue weighted by molar-refractivity contribution is -0.125. The fraction of sp³-hybridized carbons (Fsp3) is 0.450. The zero-order chi connectivity index (χ0) is 17.1. The molecular formula is C20H25NO3. The topological polar surface area (TPSA) is 42.7 Å². The summed E-state index contributed by atoms with van der Waals surface area (Å²) in [5.41, 5.74) is 3.75. The van der Waals surface area contributed by atoms with Gasteiger partial charge in [0.05, 0.1) is 13.4 Å². The predicted octanol–water partition coefficient (Wildman–Crippen LogP) is 4.56. The number of benzene rings is 1. The van der Waals surface area contributed by atoms with Gasteiger partial charge in [0.25, 0.3) is 0 Å². The van der Waals surface area contributed by atoms with Crippen molar-refractivity contribution in [1.29, 1.82) is 0 Å². The highest BCUT2D eigenvalue weighted by molar-refractivity contribution is 5.97. The summed E-state index contributed by atoms with van der Waals surface area (Å²) in [6.45, 7) is 5.71. The van der Waals surface area contributed by atoms with Gasteiger partial charge in [0.2, 0.25) is 5.91 Å². The number of likely N-dealkylation sites (tertiary alicyclic amines) is 1. The fourth-order valence-corrected chi connectivity index (χ4v) is 3.30. The number of amides is 1. The minimum Gasteiger partial charge on any atom is -0.496 e. The molecule has 0 aliphatic carbocycles. The largest absolute Gasteiger partial charge is 0.496 e. The second-order valence-corrected chi connectivity index (χ2v) is 6.53. The van der Waals surface area contributed by atoms with Crippen LogP contribution in [0, 0.1) is 6.92 Å². The number of fused-ring (bicyclic) bond motifs is 1. The van der Waals surface area contributed by atoms with Gasteiger partial charge < -0.3 is 14.1 Å². The zero-order valence-electron chi connectivity index (χ0n) is 14.7. The quantitative estimate of drug-likeness (QED) is 0.776. The summed E-state index contributed by atoms with van der Waals surface area (Å²) in [5, 5.41) is 1.06. The molecule has 1 amide bonds. The van der Waals surface area contributed by atoms with E-state index in [1.54, 1.807) is 19.4 Å². The summed E-state index contributed by atoms with van der Waals surface area (Å²) in [7, 11) is 1.64. The molecule has 0 N–H and O–H groups in total. The Hall–Kier alpha value is -2.23. The Morgan fingerprint density at radius 1 is 1.21 bits per heavy atom. The standard InChI is InChI=1S/C20H25NO3/c1-14(10-20(22)21-8-6-4-5-7-9-21)16-11-17-15(2)13-24-19(17)12-18(16)23-3/h10-13H,4-9H2,1-3H3/b14-10+. The van der Waals surface area contributed by atoms with E-state index in [1.165, 1.54) is 12.8 Å². The van der Waals surface area contributed by atoms with Crippen LogP contribution in [0.3, 0.4) is 0 Å². The van der Waals surface area contributed by atoms with Crippen LogP contribution in [0.15, 0.2) is 28.9 Å². The Balaban J connectivity index is 1.92. The number of hydrogen-bond donors (Lipinski definition) is 0. The highest BCUT2D eigenvalue weighted by Crippen LogP contribution is 2.33. The summed E-state index contributed by atoms with van der Waals surface area (Å²) in [6.07, 6.45) is 8.12. The van der Waals surface area contributed by atoms with Crippen molar-refractivity contribution in [3.05, 3.63) is 35.6 Å². The molecular weight excluding hydrogens is 302 g/mol. The third-order valence-corrected chi connectivity index (χ3v) is 4.77. The van der Waals surface area contributed by atoms with Crippen LogP contribution in [0.2, 0.25) is 0 Å². The molecule has 0 spiro atoms. The lowest BCUT2D eigenvalue weighted by atomic mass is 10.0. The summed E-state index contributed by atoms with van der Waals surface area (Å²) in [4.78, 5) is 14.6. The molecule has 0 saturated carbocycles. The van der Waals surface area contributed by atoms with Crippen LogP contribution in [0.1, 0.15) is 43.7 Å². The number of aryl methyl sites for hydroxylation is 1. The molecule has 1 saturated heterocycles. The van der Waals surface area contributed by atoms with Crippen LogP contribution in [0.25, 0.3) is 16.5 Å². The van der Waals surface area contributed by atoms with Gasteiger partial charge in [0, 0.05) is 36.2 Å². The van der Waals surface area contributed by atoms with E-state index in [0.717, 1.165) is 59.3 Å².